The van der Waals surface area contributed by atoms with Gasteiger partial charge in [-0.1, -0.05) is 11.2 Å². The van der Waals surface area contributed by atoms with Gasteiger partial charge in [0, 0.05) is 6.07 Å². The van der Waals surface area contributed by atoms with Gasteiger partial charge in [0.05, 0.1) is 7.11 Å². The predicted octanol–water partition coefficient (Wildman–Crippen LogP) is 1.64. The van der Waals surface area contributed by atoms with Gasteiger partial charge in [-0.3, -0.25) is 0 Å². The first-order valence-electron chi connectivity index (χ1n) is 4.31. The zero-order valence-electron chi connectivity index (χ0n) is 8.10. The molecular weight excluding hydrogens is 196 g/mol. The molecule has 0 aliphatic heterocycles. The van der Waals surface area contributed by atoms with Crippen molar-refractivity contribution in [3.8, 4) is 22.8 Å². The van der Waals surface area contributed by atoms with E-state index in [4.69, 9.17) is 15.0 Å². The lowest BCUT2D eigenvalue weighted by Crippen LogP contribution is -1.87. The second-order valence-corrected chi connectivity index (χ2v) is 2.97. The largest absolute Gasteiger partial charge is 0.507 e. The van der Waals surface area contributed by atoms with Crippen LogP contribution in [-0.4, -0.2) is 17.4 Å². The highest BCUT2D eigenvalue weighted by molar-refractivity contribution is 5.73. The third kappa shape index (κ3) is 1.59. The maximum atomic E-state index is 9.68. The number of ether oxygens (including phenoxy) is 1. The van der Waals surface area contributed by atoms with Crippen molar-refractivity contribution in [3.05, 3.63) is 24.3 Å². The molecule has 15 heavy (non-hydrogen) atoms. The number of aromatic nitrogens is 1. The van der Waals surface area contributed by atoms with E-state index in [0.29, 0.717) is 17.1 Å². The normalized spacial score (nSPS) is 10.2. The van der Waals surface area contributed by atoms with Gasteiger partial charge in [-0.15, -0.1) is 0 Å². The molecule has 0 fully saturated rings. The third-order valence-electron chi connectivity index (χ3n) is 2.00. The summed E-state index contributed by atoms with van der Waals surface area (Å²) in [7, 11) is 1.51. The summed E-state index contributed by atoms with van der Waals surface area (Å²) < 4.78 is 10.1. The fourth-order valence-corrected chi connectivity index (χ4v) is 1.34. The number of phenols is 1. The molecule has 0 radical (unpaired) electrons. The molecule has 2 aromatic rings. The summed E-state index contributed by atoms with van der Waals surface area (Å²) in [5.41, 5.74) is 5.88. The summed E-state index contributed by atoms with van der Waals surface area (Å²) >= 11 is 0. The van der Waals surface area contributed by atoms with Crippen molar-refractivity contribution in [2.45, 2.75) is 0 Å². The molecule has 0 atom stereocenters. The predicted molar refractivity (Wildman–Crippen MR) is 54.6 cm³/mol. The van der Waals surface area contributed by atoms with Crippen LogP contribution in [0.5, 0.6) is 11.5 Å². The van der Waals surface area contributed by atoms with Crippen LogP contribution < -0.4 is 10.5 Å². The summed E-state index contributed by atoms with van der Waals surface area (Å²) in [6.07, 6.45) is 0. The number of anilines is 1. The lowest BCUT2D eigenvalue weighted by atomic mass is 10.1. The van der Waals surface area contributed by atoms with Crippen LogP contribution in [0.2, 0.25) is 0 Å². The number of methoxy groups -OCH3 is 1. The summed E-state index contributed by atoms with van der Waals surface area (Å²) in [4.78, 5) is 0. The molecule has 0 aliphatic carbocycles. The molecule has 0 amide bonds. The number of hydrogen-bond donors (Lipinski definition) is 2. The Morgan fingerprint density at radius 1 is 1.47 bits per heavy atom. The number of nitrogens with zero attached hydrogens (tertiary/aromatic N) is 1. The molecular formula is C10H10N2O3. The van der Waals surface area contributed by atoms with E-state index in [9.17, 15) is 5.11 Å². The lowest BCUT2D eigenvalue weighted by molar-refractivity contribution is 0.398. The molecule has 0 saturated carbocycles. The van der Waals surface area contributed by atoms with Gasteiger partial charge in [0.15, 0.2) is 11.6 Å². The smallest absolute Gasteiger partial charge is 0.176 e. The monoisotopic (exact) mass is 206 g/mol. The van der Waals surface area contributed by atoms with Gasteiger partial charge in [-0.2, -0.15) is 0 Å². The van der Waals surface area contributed by atoms with E-state index in [-0.39, 0.29) is 11.6 Å². The van der Waals surface area contributed by atoms with Crippen molar-refractivity contribution in [1.82, 2.24) is 5.16 Å². The quantitative estimate of drug-likeness (QED) is 0.780. The van der Waals surface area contributed by atoms with Gasteiger partial charge in [-0.25, -0.2) is 0 Å². The lowest BCUT2D eigenvalue weighted by Gasteiger charge is -2.06. The minimum Gasteiger partial charge on any atom is -0.507 e. The van der Waals surface area contributed by atoms with E-state index in [1.807, 2.05) is 0 Å². The Hall–Kier alpha value is -2.17. The minimum atomic E-state index is 0.0606. The SMILES string of the molecule is COc1cccc(O)c1-c1cc(N)no1. The summed E-state index contributed by atoms with van der Waals surface area (Å²) in [5.74, 6) is 1.20. The Morgan fingerprint density at radius 3 is 2.87 bits per heavy atom. The van der Waals surface area contributed by atoms with E-state index >= 15 is 0 Å². The standard InChI is InChI=1S/C10H10N2O3/c1-14-7-4-2-3-6(13)10(7)8-5-9(11)12-15-8/h2-5,13H,1H3,(H2,11,12). The first-order valence-corrected chi connectivity index (χ1v) is 4.31. The van der Waals surface area contributed by atoms with Crippen LogP contribution in [0.3, 0.4) is 0 Å². The molecule has 1 aromatic carbocycles. The molecule has 1 aromatic heterocycles. The van der Waals surface area contributed by atoms with Crippen LogP contribution in [0, 0.1) is 0 Å². The Balaban J connectivity index is 2.60. The molecule has 2 rings (SSSR count). The first kappa shape index (κ1) is 9.39. The number of nitrogens with two attached hydrogens (primary N) is 1. The van der Waals surface area contributed by atoms with E-state index in [2.05, 4.69) is 5.16 Å². The molecule has 0 unspecified atom stereocenters. The van der Waals surface area contributed by atoms with Gasteiger partial charge in [0.25, 0.3) is 0 Å². The highest BCUT2D eigenvalue weighted by Crippen LogP contribution is 2.37. The van der Waals surface area contributed by atoms with Crippen molar-refractivity contribution in [3.63, 3.8) is 0 Å². The number of phenolic OH excluding ortho intramolecular Hbond substituents is 1. The van der Waals surface area contributed by atoms with E-state index in [1.54, 1.807) is 12.1 Å². The zero-order valence-corrected chi connectivity index (χ0v) is 8.10. The molecule has 78 valence electrons. The van der Waals surface area contributed by atoms with Crippen molar-refractivity contribution < 1.29 is 14.4 Å². The Bertz CT molecular complexity index is 479. The van der Waals surface area contributed by atoms with Crippen molar-refractivity contribution in [1.29, 1.82) is 0 Å². The van der Waals surface area contributed by atoms with Crippen LogP contribution in [0.4, 0.5) is 5.82 Å². The summed E-state index contributed by atoms with van der Waals surface area (Å²) in [6, 6.07) is 6.46. The average molecular weight is 206 g/mol. The maximum Gasteiger partial charge on any atom is 0.176 e. The number of benzene rings is 1. The molecule has 1 heterocycles. The second-order valence-electron chi connectivity index (χ2n) is 2.97. The van der Waals surface area contributed by atoms with Crippen LogP contribution in [0.15, 0.2) is 28.8 Å². The van der Waals surface area contributed by atoms with Gasteiger partial charge in [-0.05, 0) is 12.1 Å². The van der Waals surface area contributed by atoms with E-state index < -0.39 is 0 Å². The van der Waals surface area contributed by atoms with Crippen LogP contribution in [-0.2, 0) is 0 Å². The molecule has 0 aliphatic rings. The minimum absolute atomic E-state index is 0.0606. The maximum absolute atomic E-state index is 9.68. The van der Waals surface area contributed by atoms with Crippen molar-refractivity contribution in [2.24, 2.45) is 0 Å². The number of aromatic hydroxyl groups is 1. The summed E-state index contributed by atoms with van der Waals surface area (Å²) in [5, 5.41) is 13.2. The Kier molecular flexibility index (Phi) is 2.21. The van der Waals surface area contributed by atoms with Crippen molar-refractivity contribution >= 4 is 5.82 Å². The highest BCUT2D eigenvalue weighted by Gasteiger charge is 2.15. The fraction of sp³-hybridized carbons (Fsp3) is 0.100. The number of nitrogen functional groups attached to an aromatic ring is 1. The number of rotatable bonds is 2. The van der Waals surface area contributed by atoms with Gasteiger partial charge in [0.1, 0.15) is 17.1 Å². The molecule has 5 nitrogen and oxygen atoms in total. The summed E-state index contributed by atoms with van der Waals surface area (Å²) in [6.45, 7) is 0. The van der Waals surface area contributed by atoms with Gasteiger partial charge >= 0.3 is 0 Å². The second kappa shape index (κ2) is 3.53. The Labute approximate surface area is 86.1 Å². The van der Waals surface area contributed by atoms with Crippen molar-refractivity contribution in [2.75, 3.05) is 12.8 Å². The van der Waals surface area contributed by atoms with Crippen LogP contribution in [0.1, 0.15) is 0 Å². The topological polar surface area (TPSA) is 81.5 Å². The van der Waals surface area contributed by atoms with Gasteiger partial charge < -0.3 is 20.1 Å². The molecule has 0 bridgehead atoms. The molecule has 5 heteroatoms. The molecule has 0 saturated heterocycles. The third-order valence-corrected chi connectivity index (χ3v) is 2.00. The number of hydrogen-bond acceptors (Lipinski definition) is 5. The van der Waals surface area contributed by atoms with E-state index in [1.165, 1.54) is 19.2 Å². The fourth-order valence-electron chi connectivity index (χ4n) is 1.34. The average Bonchev–Trinajstić information content (AvgIpc) is 2.64. The van der Waals surface area contributed by atoms with Gasteiger partial charge in [0.2, 0.25) is 0 Å². The van der Waals surface area contributed by atoms with Crippen LogP contribution in [0.25, 0.3) is 11.3 Å². The van der Waals surface area contributed by atoms with Crippen LogP contribution >= 0.6 is 0 Å². The molecule has 3 N–H and O–H groups in total. The first-order chi connectivity index (χ1) is 7.22. The highest BCUT2D eigenvalue weighted by atomic mass is 16.5. The zero-order chi connectivity index (χ0) is 10.8. The van der Waals surface area contributed by atoms with E-state index in [0.717, 1.165) is 0 Å². The Morgan fingerprint density at radius 2 is 2.27 bits per heavy atom. The molecule has 0 spiro atoms.